The average Bonchev–Trinajstić information content (AvgIpc) is 0.703. The summed E-state index contributed by atoms with van der Waals surface area (Å²) in [6, 6.07) is 122. The summed E-state index contributed by atoms with van der Waals surface area (Å²) in [4.78, 5) is 7.53. The van der Waals surface area contributed by atoms with Crippen LogP contribution in [0.4, 0.5) is 51.2 Å². The number of nitrogens with zero attached hydrogens (tertiary/aromatic N) is 3. The Morgan fingerprint density at radius 2 is 0.736 bits per heavy atom. The molecular formula is C84H55BN3O2P. The van der Waals surface area contributed by atoms with Crippen molar-refractivity contribution in [3.8, 4) is 78.6 Å². The van der Waals surface area contributed by atoms with E-state index in [9.17, 15) is 0 Å². The van der Waals surface area contributed by atoms with Crippen LogP contribution in [-0.2, 0) is 0 Å². The minimum absolute atomic E-state index is 0.206. The van der Waals surface area contributed by atoms with E-state index in [2.05, 4.69) is 348 Å². The topological polar surface area (TPSA) is 28.2 Å². The predicted octanol–water partition coefficient (Wildman–Crippen LogP) is 19.5. The Hall–Kier alpha value is -11.4. The van der Waals surface area contributed by atoms with Gasteiger partial charge in [-0.05, 0) is 140 Å². The lowest BCUT2D eigenvalue weighted by atomic mass is 9.33. The molecule has 5 nitrogen and oxygen atoms in total. The molecule has 0 saturated heterocycles. The molecule has 1 unspecified atom stereocenters. The van der Waals surface area contributed by atoms with Crippen LogP contribution < -0.4 is 56.5 Å². The second-order valence-corrected chi connectivity index (χ2v) is 25.6. The van der Waals surface area contributed by atoms with Crippen LogP contribution in [0.15, 0.2) is 334 Å². The molecule has 7 heteroatoms. The second-order valence-electron chi connectivity index (χ2n) is 23.5. The van der Waals surface area contributed by atoms with Crippen molar-refractivity contribution in [2.75, 3.05) is 14.7 Å². The molecule has 0 bridgehead atoms. The summed E-state index contributed by atoms with van der Waals surface area (Å²) in [6.07, 6.45) is 0. The van der Waals surface area contributed by atoms with E-state index in [0.29, 0.717) is 0 Å². The summed E-state index contributed by atoms with van der Waals surface area (Å²) in [6.45, 7) is -0.206. The van der Waals surface area contributed by atoms with Crippen molar-refractivity contribution >= 4 is 98.1 Å². The maximum absolute atomic E-state index is 7.67. The molecule has 91 heavy (non-hydrogen) atoms. The van der Waals surface area contributed by atoms with Gasteiger partial charge in [-0.15, -0.1) is 0 Å². The maximum atomic E-state index is 7.67. The summed E-state index contributed by atoms with van der Waals surface area (Å²) >= 11 is 0. The van der Waals surface area contributed by atoms with Gasteiger partial charge in [-0.3, -0.25) is 0 Å². The number of anilines is 9. The van der Waals surface area contributed by atoms with Gasteiger partial charge in [0.15, 0.2) is 0 Å². The van der Waals surface area contributed by atoms with Crippen LogP contribution in [0.2, 0.25) is 0 Å². The lowest BCUT2D eigenvalue weighted by Crippen LogP contribution is -2.62. The Morgan fingerprint density at radius 1 is 0.264 bits per heavy atom. The van der Waals surface area contributed by atoms with E-state index in [-0.39, 0.29) is 6.71 Å². The number of ether oxygens (including phenoxy) is 2. The zero-order chi connectivity index (χ0) is 59.9. The zero-order valence-electron chi connectivity index (χ0n) is 49.4. The Labute approximate surface area is 531 Å². The fourth-order valence-electron chi connectivity index (χ4n) is 14.4. The van der Waals surface area contributed by atoms with Crippen LogP contribution in [0.5, 0.6) is 23.0 Å². The van der Waals surface area contributed by atoms with Gasteiger partial charge in [0.25, 0.3) is 6.71 Å². The quantitative estimate of drug-likeness (QED) is 0.101. The van der Waals surface area contributed by atoms with E-state index >= 15 is 0 Å². The van der Waals surface area contributed by atoms with Gasteiger partial charge in [-0.1, -0.05) is 249 Å². The van der Waals surface area contributed by atoms with Crippen molar-refractivity contribution in [3.05, 3.63) is 334 Å². The average molecular weight is 1180 g/mol. The summed E-state index contributed by atoms with van der Waals surface area (Å²) in [7, 11) is -1.22. The van der Waals surface area contributed by atoms with E-state index in [4.69, 9.17) is 9.47 Å². The van der Waals surface area contributed by atoms with Gasteiger partial charge in [0.05, 0.1) is 22.4 Å². The van der Waals surface area contributed by atoms with Crippen molar-refractivity contribution in [1.29, 1.82) is 0 Å². The molecule has 1 atom stereocenters. The smallest absolute Gasteiger partial charge is 0.252 e. The number of hydrogen-bond acceptors (Lipinski definition) is 5. The summed E-state index contributed by atoms with van der Waals surface area (Å²) in [5.74, 6) is 3.33. The fourth-order valence-corrected chi connectivity index (χ4v) is 17.0. The van der Waals surface area contributed by atoms with Crippen molar-refractivity contribution in [2.24, 2.45) is 0 Å². The zero-order valence-corrected chi connectivity index (χ0v) is 50.3. The van der Waals surface area contributed by atoms with E-state index < -0.39 is 7.92 Å². The van der Waals surface area contributed by atoms with Gasteiger partial charge in [0, 0.05) is 69.8 Å². The lowest BCUT2D eigenvalue weighted by molar-refractivity contribution is 0.467. The Bertz CT molecular complexity index is 5110. The standard InChI is InChI=1S/C84H55BN3O2P/c1-7-27-56(28-8-1)60-47-48-65(68(49-60)59-33-13-4-14-34-59)61-50-79-84-80(51-61)90-78-55-74-70(54-82(78)91(84)81-46-26-25-45-77(81)89-79)85-69-41-21-24-44-73(69)87(71-42-22-19-39-66(71)57-29-9-2-10-30-57)75-52-64(86(62-35-15-5-16-36-62)63-37-17-6-18-38-63)53-76(83(75)85)88(74)72-43-23-20-40-67(72)58-31-11-3-12-32-58/h1-55H. The molecule has 0 saturated carbocycles. The summed E-state index contributed by atoms with van der Waals surface area (Å²) in [5, 5.41) is 3.42. The molecule has 4 heterocycles. The molecule has 0 N–H and O–H groups in total. The normalized spacial score (nSPS) is 13.5. The van der Waals surface area contributed by atoms with Gasteiger partial charge < -0.3 is 24.2 Å². The highest BCUT2D eigenvalue weighted by atomic mass is 31.1. The first-order valence-electron chi connectivity index (χ1n) is 31.1. The Morgan fingerprint density at radius 3 is 1.33 bits per heavy atom. The minimum Gasteiger partial charge on any atom is -0.456 e. The highest BCUT2D eigenvalue weighted by Gasteiger charge is 2.47. The molecular weight excluding hydrogens is 1120 g/mol. The lowest BCUT2D eigenvalue weighted by Gasteiger charge is -2.46. The van der Waals surface area contributed by atoms with Crippen molar-refractivity contribution < 1.29 is 9.47 Å². The molecule has 14 aromatic rings. The molecule has 426 valence electrons. The van der Waals surface area contributed by atoms with Crippen LogP contribution in [0, 0.1) is 0 Å². The SMILES string of the molecule is c1ccc(-c2ccc(-c3cc4c5c(c3)Oc3cc6c(cc3P5c3ccccc3O4)B3c4ccccc4N(c4ccccc4-c4ccccc4)c4cc(N(c5ccccc5)c5ccccc5)cc(c43)N6c3ccccc3-c3ccccc3)c(-c3ccccc3)c2)cc1. The van der Waals surface area contributed by atoms with E-state index in [1.807, 2.05) is 0 Å². The molecule has 18 rings (SSSR count). The second kappa shape index (κ2) is 21.7. The van der Waals surface area contributed by atoms with Gasteiger partial charge in [0.2, 0.25) is 0 Å². The van der Waals surface area contributed by atoms with Crippen molar-refractivity contribution in [1.82, 2.24) is 0 Å². The Kier molecular flexibility index (Phi) is 12.6. The van der Waals surface area contributed by atoms with Crippen molar-refractivity contribution in [2.45, 2.75) is 0 Å². The van der Waals surface area contributed by atoms with Crippen LogP contribution in [-0.4, -0.2) is 6.71 Å². The van der Waals surface area contributed by atoms with E-state index in [1.54, 1.807) is 0 Å². The monoisotopic (exact) mass is 1180 g/mol. The molecule has 0 amide bonds. The van der Waals surface area contributed by atoms with Crippen molar-refractivity contribution in [3.63, 3.8) is 0 Å². The minimum atomic E-state index is -1.22. The van der Waals surface area contributed by atoms with Gasteiger partial charge >= 0.3 is 0 Å². The molecule has 0 aromatic heterocycles. The molecule has 0 spiro atoms. The highest BCUT2D eigenvalue weighted by Crippen LogP contribution is 2.57. The van der Waals surface area contributed by atoms with Gasteiger partial charge in [-0.2, -0.15) is 0 Å². The first-order chi connectivity index (χ1) is 45.2. The molecule has 14 aromatic carbocycles. The largest absolute Gasteiger partial charge is 0.456 e. The molecule has 0 aliphatic carbocycles. The number of fused-ring (bicyclic) bond motifs is 8. The van der Waals surface area contributed by atoms with E-state index in [1.165, 1.54) is 27.3 Å². The van der Waals surface area contributed by atoms with Crippen LogP contribution >= 0.6 is 7.92 Å². The first kappa shape index (κ1) is 52.7. The van der Waals surface area contributed by atoms with Gasteiger partial charge in [0.1, 0.15) is 23.0 Å². The van der Waals surface area contributed by atoms with Gasteiger partial charge in [-0.25, -0.2) is 0 Å². The summed E-state index contributed by atoms with van der Waals surface area (Å²) < 4.78 is 14.8. The number of hydrogen-bond donors (Lipinski definition) is 0. The van der Waals surface area contributed by atoms with Crippen LogP contribution in [0.1, 0.15) is 0 Å². The Balaban J connectivity index is 0.919. The first-order valence-corrected chi connectivity index (χ1v) is 32.4. The van der Waals surface area contributed by atoms with Crippen LogP contribution in [0.25, 0.3) is 55.6 Å². The maximum Gasteiger partial charge on any atom is 0.252 e. The third-order valence-corrected chi connectivity index (χ3v) is 20.9. The highest BCUT2D eigenvalue weighted by molar-refractivity contribution is 7.80. The predicted molar refractivity (Wildman–Crippen MR) is 381 cm³/mol. The summed E-state index contributed by atoms with van der Waals surface area (Å²) in [5.41, 5.74) is 24.6. The number of rotatable bonds is 10. The molecule has 0 radical (unpaired) electrons. The van der Waals surface area contributed by atoms with E-state index in [0.717, 1.165) is 135 Å². The molecule has 0 fully saturated rings. The molecule has 4 aliphatic rings. The third-order valence-electron chi connectivity index (χ3n) is 18.4. The number of benzene rings is 14. The van der Waals surface area contributed by atoms with Crippen LogP contribution in [0.3, 0.4) is 0 Å². The third kappa shape index (κ3) is 8.74. The molecule has 4 aliphatic heterocycles. The fraction of sp³-hybridized carbons (Fsp3) is 0. The number of para-hydroxylation sites is 6.